The fourth-order valence-corrected chi connectivity index (χ4v) is 3.43. The first-order valence-electron chi connectivity index (χ1n) is 8.20. The number of hydrogen-bond acceptors (Lipinski definition) is 5. The van der Waals surface area contributed by atoms with Crippen LogP contribution >= 0.6 is 34.4 Å². The highest BCUT2D eigenvalue weighted by molar-refractivity contribution is 14.1. The number of nitro groups is 1. The molecule has 0 atom stereocenters. The normalized spacial score (nSPS) is 10.3. The molecule has 0 saturated heterocycles. The lowest BCUT2D eigenvalue weighted by atomic mass is 10.3. The highest BCUT2D eigenvalue weighted by Gasteiger charge is 2.06. The second kappa shape index (κ2) is 9.56. The van der Waals surface area contributed by atoms with Gasteiger partial charge in [0.15, 0.2) is 6.61 Å². The lowest BCUT2D eigenvalue weighted by Crippen LogP contribution is -2.20. The number of rotatable bonds is 7. The van der Waals surface area contributed by atoms with Crippen LogP contribution in [0.5, 0.6) is 5.75 Å². The molecule has 8 heteroatoms. The molecule has 28 heavy (non-hydrogen) atoms. The first-order valence-corrected chi connectivity index (χ1v) is 10.1. The molecule has 1 N–H and O–H groups in total. The zero-order valence-electron chi connectivity index (χ0n) is 14.5. The lowest BCUT2D eigenvalue weighted by Gasteiger charge is -2.08. The van der Waals surface area contributed by atoms with Gasteiger partial charge in [0.1, 0.15) is 5.75 Å². The third-order valence-electron chi connectivity index (χ3n) is 3.60. The minimum Gasteiger partial charge on any atom is -0.484 e. The quantitative estimate of drug-likeness (QED) is 0.265. The predicted molar refractivity (Wildman–Crippen MR) is 117 cm³/mol. The summed E-state index contributed by atoms with van der Waals surface area (Å²) in [5.41, 5.74) is 0.735. The molecule has 3 aromatic rings. The highest BCUT2D eigenvalue weighted by Crippen LogP contribution is 2.29. The molecule has 0 radical (unpaired) electrons. The van der Waals surface area contributed by atoms with Crippen molar-refractivity contribution in [2.45, 2.75) is 9.79 Å². The van der Waals surface area contributed by atoms with E-state index >= 15 is 0 Å². The second-order valence-electron chi connectivity index (χ2n) is 5.67. The molecule has 0 aliphatic rings. The first kappa shape index (κ1) is 20.2. The maximum Gasteiger partial charge on any atom is 0.269 e. The zero-order chi connectivity index (χ0) is 19.9. The molecule has 0 aliphatic carbocycles. The van der Waals surface area contributed by atoms with Gasteiger partial charge in [0.05, 0.1) is 4.92 Å². The standard InChI is InChI=1S/C20H15IN2O4S/c21-14-1-7-17(8-2-14)27-13-20(24)22-15-3-9-18(10-4-15)28-19-11-5-16(6-12-19)23(25)26/h1-12H,13H2,(H,22,24). The fourth-order valence-electron chi connectivity index (χ4n) is 2.26. The van der Waals surface area contributed by atoms with Crippen molar-refractivity contribution in [3.63, 3.8) is 0 Å². The summed E-state index contributed by atoms with van der Waals surface area (Å²) in [5, 5.41) is 13.5. The predicted octanol–water partition coefficient (Wildman–Crippen LogP) is 5.37. The monoisotopic (exact) mass is 506 g/mol. The topological polar surface area (TPSA) is 81.5 Å². The van der Waals surface area contributed by atoms with Crippen LogP contribution in [0.4, 0.5) is 11.4 Å². The smallest absolute Gasteiger partial charge is 0.269 e. The Morgan fingerprint density at radius 3 is 2.11 bits per heavy atom. The average Bonchev–Trinajstić information content (AvgIpc) is 2.69. The Morgan fingerprint density at radius 1 is 0.964 bits per heavy atom. The van der Waals surface area contributed by atoms with Crippen LogP contribution in [0.1, 0.15) is 0 Å². The van der Waals surface area contributed by atoms with Crippen LogP contribution in [-0.2, 0) is 4.79 Å². The third kappa shape index (κ3) is 5.96. The van der Waals surface area contributed by atoms with Crippen molar-refractivity contribution in [2.24, 2.45) is 0 Å². The number of carbonyl (C=O) groups is 1. The van der Waals surface area contributed by atoms with E-state index in [9.17, 15) is 14.9 Å². The number of nitro benzene ring substituents is 1. The van der Waals surface area contributed by atoms with Gasteiger partial charge in [0.2, 0.25) is 0 Å². The minimum atomic E-state index is -0.422. The summed E-state index contributed by atoms with van der Waals surface area (Å²) in [4.78, 5) is 24.1. The lowest BCUT2D eigenvalue weighted by molar-refractivity contribution is -0.384. The van der Waals surface area contributed by atoms with Gasteiger partial charge < -0.3 is 10.1 Å². The van der Waals surface area contributed by atoms with E-state index < -0.39 is 4.92 Å². The molecular weight excluding hydrogens is 491 g/mol. The number of nitrogens with one attached hydrogen (secondary N) is 1. The number of halogens is 1. The Bertz CT molecular complexity index is 961. The van der Waals surface area contributed by atoms with E-state index in [1.807, 2.05) is 36.4 Å². The Hall–Kier alpha value is -2.59. The Balaban J connectivity index is 1.51. The van der Waals surface area contributed by atoms with E-state index in [0.29, 0.717) is 11.4 Å². The van der Waals surface area contributed by atoms with Crippen molar-refractivity contribution in [1.29, 1.82) is 0 Å². The molecule has 142 valence electrons. The van der Waals surface area contributed by atoms with Gasteiger partial charge >= 0.3 is 0 Å². The van der Waals surface area contributed by atoms with Crippen molar-refractivity contribution in [1.82, 2.24) is 0 Å². The van der Waals surface area contributed by atoms with Gasteiger partial charge in [-0.1, -0.05) is 11.8 Å². The molecule has 0 aromatic heterocycles. The summed E-state index contributed by atoms with van der Waals surface area (Å²) in [6.07, 6.45) is 0. The SMILES string of the molecule is O=C(COc1ccc(I)cc1)Nc1ccc(Sc2ccc([N+](=O)[O-])cc2)cc1. The van der Waals surface area contributed by atoms with E-state index in [0.717, 1.165) is 13.4 Å². The number of ether oxygens (including phenoxy) is 1. The van der Waals surface area contributed by atoms with Gasteiger partial charge in [0.25, 0.3) is 11.6 Å². The molecular formula is C20H15IN2O4S. The van der Waals surface area contributed by atoms with Crippen molar-refractivity contribution < 1.29 is 14.5 Å². The highest BCUT2D eigenvalue weighted by atomic mass is 127. The second-order valence-corrected chi connectivity index (χ2v) is 8.06. The Kier molecular flexibility index (Phi) is 6.88. The van der Waals surface area contributed by atoms with Crippen molar-refractivity contribution in [3.8, 4) is 5.75 Å². The molecule has 3 rings (SSSR count). The molecule has 0 fully saturated rings. The van der Waals surface area contributed by atoms with E-state index in [2.05, 4.69) is 27.9 Å². The fraction of sp³-hybridized carbons (Fsp3) is 0.0500. The third-order valence-corrected chi connectivity index (χ3v) is 5.34. The number of carbonyl (C=O) groups excluding carboxylic acids is 1. The average molecular weight is 506 g/mol. The van der Waals surface area contributed by atoms with Crippen LogP contribution in [0.3, 0.4) is 0 Å². The number of nitrogens with zero attached hydrogens (tertiary/aromatic N) is 1. The van der Waals surface area contributed by atoms with E-state index in [4.69, 9.17) is 4.74 Å². The molecule has 0 spiro atoms. The van der Waals surface area contributed by atoms with Gasteiger partial charge in [-0.15, -0.1) is 0 Å². The molecule has 0 saturated carbocycles. The van der Waals surface area contributed by atoms with E-state index in [1.165, 1.54) is 23.9 Å². The summed E-state index contributed by atoms with van der Waals surface area (Å²) >= 11 is 3.69. The number of non-ortho nitro benzene ring substituents is 1. The summed E-state index contributed by atoms with van der Waals surface area (Å²) in [6, 6.07) is 21.2. The van der Waals surface area contributed by atoms with Crippen molar-refractivity contribution in [3.05, 3.63) is 86.5 Å². The van der Waals surface area contributed by atoms with Crippen molar-refractivity contribution in [2.75, 3.05) is 11.9 Å². The number of amides is 1. The largest absolute Gasteiger partial charge is 0.484 e. The van der Waals surface area contributed by atoms with Crippen LogP contribution in [0.2, 0.25) is 0 Å². The number of hydrogen-bond donors (Lipinski definition) is 1. The first-order chi connectivity index (χ1) is 13.5. The molecule has 0 heterocycles. The summed E-state index contributed by atoms with van der Waals surface area (Å²) in [5.74, 6) is 0.403. The Labute approximate surface area is 179 Å². The van der Waals surface area contributed by atoms with Crippen LogP contribution in [-0.4, -0.2) is 17.4 Å². The van der Waals surface area contributed by atoms with Gasteiger partial charge in [-0.25, -0.2) is 0 Å². The number of benzene rings is 3. The van der Waals surface area contributed by atoms with Crippen LogP contribution in [0.15, 0.2) is 82.6 Å². The minimum absolute atomic E-state index is 0.0647. The maximum atomic E-state index is 12.0. The van der Waals surface area contributed by atoms with Gasteiger partial charge in [-0.3, -0.25) is 14.9 Å². The summed E-state index contributed by atoms with van der Waals surface area (Å²) < 4.78 is 6.55. The maximum absolute atomic E-state index is 12.0. The van der Waals surface area contributed by atoms with Crippen molar-refractivity contribution >= 4 is 51.6 Å². The molecule has 6 nitrogen and oxygen atoms in total. The molecule has 3 aromatic carbocycles. The number of anilines is 1. The summed E-state index contributed by atoms with van der Waals surface area (Å²) in [7, 11) is 0. The van der Waals surface area contributed by atoms with Gasteiger partial charge in [-0.05, 0) is 83.3 Å². The van der Waals surface area contributed by atoms with E-state index in [1.54, 1.807) is 24.3 Å². The Morgan fingerprint density at radius 2 is 1.54 bits per heavy atom. The van der Waals surface area contributed by atoms with Crippen LogP contribution < -0.4 is 10.1 Å². The van der Waals surface area contributed by atoms with Gasteiger partial charge in [-0.2, -0.15) is 0 Å². The zero-order valence-corrected chi connectivity index (χ0v) is 17.5. The molecule has 0 unspecified atom stereocenters. The van der Waals surface area contributed by atoms with E-state index in [-0.39, 0.29) is 18.2 Å². The molecule has 0 bridgehead atoms. The molecule has 1 amide bonds. The van der Waals surface area contributed by atoms with Crippen LogP contribution in [0, 0.1) is 13.7 Å². The van der Waals surface area contributed by atoms with Gasteiger partial charge in [0, 0.05) is 31.2 Å². The summed E-state index contributed by atoms with van der Waals surface area (Å²) in [6.45, 7) is -0.0696. The van der Waals surface area contributed by atoms with Crippen LogP contribution in [0.25, 0.3) is 0 Å². The molecule has 0 aliphatic heterocycles.